The molecule has 2 N–H and O–H groups in total. The van der Waals surface area contributed by atoms with Crippen LogP contribution < -0.4 is 9.47 Å². The zero-order valence-corrected chi connectivity index (χ0v) is 14.8. The van der Waals surface area contributed by atoms with Crippen molar-refractivity contribution in [2.45, 2.75) is 19.6 Å². The number of benzene rings is 2. The third-order valence-corrected chi connectivity index (χ3v) is 3.81. The molecule has 0 fully saturated rings. The van der Waals surface area contributed by atoms with Crippen LogP contribution in [0.1, 0.15) is 11.1 Å². The zero-order valence-electron chi connectivity index (χ0n) is 13.2. The molecular formula is C17H14Cl2O6. The second kappa shape index (κ2) is 7.21. The Balaban J connectivity index is 2.50. The topological polar surface area (TPSA) is 93.1 Å². The molecule has 132 valence electrons. The van der Waals surface area contributed by atoms with Crippen LogP contribution >= 0.6 is 23.2 Å². The number of carbonyl (C=O) groups is 2. The maximum absolute atomic E-state index is 11.7. The predicted molar refractivity (Wildman–Crippen MR) is 91.6 cm³/mol. The number of aliphatic carboxylic acids is 2. The van der Waals surface area contributed by atoms with Gasteiger partial charge in [-0.1, -0.05) is 23.2 Å². The summed E-state index contributed by atoms with van der Waals surface area (Å²) < 4.78 is 10.6. The molecule has 0 unspecified atom stereocenters. The van der Waals surface area contributed by atoms with E-state index in [0.717, 1.165) is 0 Å². The van der Waals surface area contributed by atoms with Gasteiger partial charge in [0, 0.05) is 10.0 Å². The highest BCUT2D eigenvalue weighted by Gasteiger charge is 2.54. The van der Waals surface area contributed by atoms with E-state index in [1.165, 1.54) is 36.4 Å². The van der Waals surface area contributed by atoms with E-state index in [2.05, 4.69) is 0 Å². The first-order valence-corrected chi connectivity index (χ1v) is 7.78. The predicted octanol–water partition coefficient (Wildman–Crippen LogP) is 3.93. The van der Waals surface area contributed by atoms with Crippen molar-refractivity contribution in [3.63, 3.8) is 0 Å². The summed E-state index contributed by atoms with van der Waals surface area (Å²) in [6.45, 7) is 3.20. The van der Waals surface area contributed by atoms with Gasteiger partial charge in [-0.05, 0) is 61.4 Å². The molecule has 0 saturated carbocycles. The molecule has 0 atom stereocenters. The summed E-state index contributed by atoms with van der Waals surface area (Å²) in [5.74, 6) is -6.58. The van der Waals surface area contributed by atoms with E-state index < -0.39 is 17.7 Å². The highest BCUT2D eigenvalue weighted by atomic mass is 35.5. The van der Waals surface area contributed by atoms with E-state index in [0.29, 0.717) is 21.2 Å². The summed E-state index contributed by atoms with van der Waals surface area (Å²) in [6, 6.07) is 8.67. The second-order valence-corrected chi connectivity index (χ2v) is 6.12. The zero-order chi connectivity index (χ0) is 18.8. The number of carboxylic acids is 2. The van der Waals surface area contributed by atoms with Crippen molar-refractivity contribution in [2.75, 3.05) is 0 Å². The van der Waals surface area contributed by atoms with Crippen LogP contribution in [-0.2, 0) is 9.59 Å². The molecule has 0 amide bonds. The van der Waals surface area contributed by atoms with Gasteiger partial charge in [0.05, 0.1) is 0 Å². The number of ether oxygens (including phenoxy) is 2. The molecule has 2 aromatic carbocycles. The average Bonchev–Trinajstić information content (AvgIpc) is 2.50. The molecule has 0 aliphatic heterocycles. The summed E-state index contributed by atoms with van der Waals surface area (Å²) in [5, 5.41) is 19.8. The van der Waals surface area contributed by atoms with Gasteiger partial charge in [-0.3, -0.25) is 0 Å². The van der Waals surface area contributed by atoms with Gasteiger partial charge in [-0.25, -0.2) is 9.59 Å². The molecule has 0 aliphatic rings. The first kappa shape index (κ1) is 18.9. The number of carboxylic acid groups (broad SMARTS) is 2. The average molecular weight is 385 g/mol. The SMILES string of the molecule is Cc1cc(Cl)ccc1OC(Oc1ccc(Cl)cc1C)(C(=O)O)C(=O)O. The number of rotatable bonds is 6. The Morgan fingerprint density at radius 2 is 1.20 bits per heavy atom. The van der Waals surface area contributed by atoms with E-state index in [9.17, 15) is 19.8 Å². The van der Waals surface area contributed by atoms with Gasteiger partial charge in [0.1, 0.15) is 11.5 Å². The van der Waals surface area contributed by atoms with Crippen molar-refractivity contribution in [3.8, 4) is 11.5 Å². The van der Waals surface area contributed by atoms with Gasteiger partial charge < -0.3 is 19.7 Å². The van der Waals surface area contributed by atoms with Crippen LogP contribution in [0.25, 0.3) is 0 Å². The minimum Gasteiger partial charge on any atom is -0.475 e. The van der Waals surface area contributed by atoms with Crippen LogP contribution in [0.3, 0.4) is 0 Å². The minimum atomic E-state index is -2.98. The van der Waals surface area contributed by atoms with Crippen LogP contribution in [0, 0.1) is 13.8 Å². The fourth-order valence-corrected chi connectivity index (χ4v) is 2.50. The fourth-order valence-electron chi connectivity index (χ4n) is 2.05. The van der Waals surface area contributed by atoms with Crippen LogP contribution in [0.5, 0.6) is 11.5 Å². The monoisotopic (exact) mass is 384 g/mol. The molecule has 2 aromatic rings. The molecule has 0 radical (unpaired) electrons. The normalized spacial score (nSPS) is 11.0. The van der Waals surface area contributed by atoms with Gasteiger partial charge in [-0.2, -0.15) is 0 Å². The summed E-state index contributed by atoms with van der Waals surface area (Å²) in [7, 11) is 0. The molecule has 0 spiro atoms. The lowest BCUT2D eigenvalue weighted by Gasteiger charge is -2.28. The molecule has 8 heteroatoms. The smallest absolute Gasteiger partial charge is 0.452 e. The molecule has 2 rings (SSSR count). The van der Waals surface area contributed by atoms with Gasteiger partial charge in [-0.15, -0.1) is 0 Å². The standard InChI is InChI=1S/C17H14Cl2O6/c1-9-7-11(18)3-5-13(9)24-17(15(20)21,16(22)23)25-14-6-4-12(19)8-10(14)2/h3-8H,1-2H3,(H,20,21)(H,22,23). The van der Waals surface area contributed by atoms with Crippen molar-refractivity contribution in [1.82, 2.24) is 0 Å². The molecule has 0 heterocycles. The molecule has 0 bridgehead atoms. The third kappa shape index (κ3) is 3.97. The molecule has 6 nitrogen and oxygen atoms in total. The van der Waals surface area contributed by atoms with Crippen LogP contribution in [0.15, 0.2) is 36.4 Å². The van der Waals surface area contributed by atoms with Crippen molar-refractivity contribution in [3.05, 3.63) is 57.6 Å². The summed E-state index contributed by atoms with van der Waals surface area (Å²) in [5.41, 5.74) is 0.909. The maximum Gasteiger partial charge on any atom is 0.452 e. The Morgan fingerprint density at radius 1 is 0.840 bits per heavy atom. The lowest BCUT2D eigenvalue weighted by molar-refractivity contribution is -0.201. The second-order valence-electron chi connectivity index (χ2n) is 5.25. The maximum atomic E-state index is 11.7. The van der Waals surface area contributed by atoms with E-state index in [1.807, 2.05) is 0 Å². The number of halogens is 2. The Bertz CT molecular complexity index is 764. The summed E-state index contributed by atoms with van der Waals surface area (Å²) >= 11 is 11.7. The Labute approximate surface area is 153 Å². The van der Waals surface area contributed by atoms with Gasteiger partial charge >= 0.3 is 17.7 Å². The number of aryl methyl sites for hydroxylation is 2. The molecular weight excluding hydrogens is 371 g/mol. The van der Waals surface area contributed by atoms with Gasteiger partial charge in [0.25, 0.3) is 0 Å². The van der Waals surface area contributed by atoms with Crippen LogP contribution in [0.4, 0.5) is 0 Å². The van der Waals surface area contributed by atoms with Gasteiger partial charge in [0.15, 0.2) is 0 Å². The summed E-state index contributed by atoms with van der Waals surface area (Å²) in [6.07, 6.45) is 0. The first-order chi connectivity index (χ1) is 11.7. The minimum absolute atomic E-state index is 0.0146. The fraction of sp³-hybridized carbons (Fsp3) is 0.176. The highest BCUT2D eigenvalue weighted by Crippen LogP contribution is 2.30. The Kier molecular flexibility index (Phi) is 5.45. The highest BCUT2D eigenvalue weighted by molar-refractivity contribution is 6.31. The lowest BCUT2D eigenvalue weighted by Crippen LogP contribution is -2.57. The quantitative estimate of drug-likeness (QED) is 0.578. The Hall–Kier alpha value is -2.44. The molecule has 0 aliphatic carbocycles. The first-order valence-electron chi connectivity index (χ1n) is 7.03. The van der Waals surface area contributed by atoms with Crippen LogP contribution in [-0.4, -0.2) is 27.9 Å². The third-order valence-electron chi connectivity index (χ3n) is 3.34. The van der Waals surface area contributed by atoms with E-state index in [1.54, 1.807) is 13.8 Å². The molecule has 0 aromatic heterocycles. The van der Waals surface area contributed by atoms with E-state index >= 15 is 0 Å². The summed E-state index contributed by atoms with van der Waals surface area (Å²) in [4.78, 5) is 23.5. The lowest BCUT2D eigenvalue weighted by atomic mass is 10.2. The van der Waals surface area contributed by atoms with Crippen molar-refractivity contribution in [1.29, 1.82) is 0 Å². The van der Waals surface area contributed by atoms with Crippen molar-refractivity contribution in [2.24, 2.45) is 0 Å². The van der Waals surface area contributed by atoms with Crippen LogP contribution in [0.2, 0.25) is 10.0 Å². The molecule has 25 heavy (non-hydrogen) atoms. The number of hydrogen-bond donors (Lipinski definition) is 2. The van der Waals surface area contributed by atoms with Gasteiger partial charge in [0.2, 0.25) is 0 Å². The largest absolute Gasteiger partial charge is 0.475 e. The Morgan fingerprint density at radius 3 is 1.48 bits per heavy atom. The number of hydrogen-bond acceptors (Lipinski definition) is 4. The van der Waals surface area contributed by atoms with Crippen molar-refractivity contribution >= 4 is 35.1 Å². The van der Waals surface area contributed by atoms with Crippen molar-refractivity contribution < 1.29 is 29.3 Å². The van der Waals surface area contributed by atoms with E-state index in [-0.39, 0.29) is 11.5 Å². The van der Waals surface area contributed by atoms with E-state index in [4.69, 9.17) is 32.7 Å². The molecule has 0 saturated heterocycles.